The molecular weight excluding hydrogens is 369 g/mol. The average molecular weight is 411 g/mol. The van der Waals surface area contributed by atoms with Gasteiger partial charge >= 0.3 is 0 Å². The summed E-state index contributed by atoms with van der Waals surface area (Å²) in [6.07, 6.45) is 1.14. The van der Waals surface area contributed by atoms with Crippen molar-refractivity contribution in [2.75, 3.05) is 19.8 Å². The van der Waals surface area contributed by atoms with Crippen LogP contribution in [0.5, 0.6) is 0 Å². The second-order valence-corrected chi connectivity index (χ2v) is 25.4. The van der Waals surface area contributed by atoms with E-state index in [0.29, 0.717) is 13.2 Å². The standard InChI is InChI=1S/C16H42O4Si4/c1-21(2)20-24(9,10)13-11-12-17-14-16(19-23(6,7)8)15-18-22(3,4)5/h16,21H,11-15H2,1-10H3. The Bertz CT molecular complexity index is 338. The summed E-state index contributed by atoms with van der Waals surface area (Å²) in [6.45, 7) is 24.5. The molecule has 24 heavy (non-hydrogen) atoms. The Balaban J connectivity index is 4.18. The van der Waals surface area contributed by atoms with Crippen LogP contribution in [0.2, 0.25) is 71.5 Å². The summed E-state index contributed by atoms with van der Waals surface area (Å²) in [6, 6.07) is 1.17. The Kier molecular flexibility index (Phi) is 11.1. The number of rotatable bonds is 13. The van der Waals surface area contributed by atoms with Gasteiger partial charge in [-0.1, -0.05) is 0 Å². The number of hydrogen-bond donors (Lipinski definition) is 0. The van der Waals surface area contributed by atoms with Crippen molar-refractivity contribution in [3.63, 3.8) is 0 Å². The van der Waals surface area contributed by atoms with Crippen molar-refractivity contribution in [1.29, 1.82) is 0 Å². The number of ether oxygens (including phenoxy) is 1. The van der Waals surface area contributed by atoms with Gasteiger partial charge in [-0.25, -0.2) is 0 Å². The van der Waals surface area contributed by atoms with E-state index < -0.39 is 34.0 Å². The van der Waals surface area contributed by atoms with E-state index in [1.54, 1.807) is 0 Å². The fourth-order valence-electron chi connectivity index (χ4n) is 2.47. The van der Waals surface area contributed by atoms with Crippen LogP contribution < -0.4 is 0 Å². The predicted octanol–water partition coefficient (Wildman–Crippen LogP) is 4.67. The molecule has 0 radical (unpaired) electrons. The first-order chi connectivity index (χ1) is 10.7. The van der Waals surface area contributed by atoms with E-state index in [9.17, 15) is 0 Å². The van der Waals surface area contributed by atoms with Gasteiger partial charge in [0.2, 0.25) is 0 Å². The molecule has 0 aromatic rings. The zero-order valence-corrected chi connectivity index (χ0v) is 22.0. The molecule has 0 rings (SSSR count). The predicted molar refractivity (Wildman–Crippen MR) is 115 cm³/mol. The molecule has 4 nitrogen and oxygen atoms in total. The van der Waals surface area contributed by atoms with Gasteiger partial charge in [-0.2, -0.15) is 0 Å². The molecule has 0 spiro atoms. The van der Waals surface area contributed by atoms with Gasteiger partial charge in [0, 0.05) is 6.61 Å². The quantitative estimate of drug-likeness (QED) is 0.326. The molecule has 1 unspecified atom stereocenters. The van der Waals surface area contributed by atoms with Crippen LogP contribution in [0.15, 0.2) is 0 Å². The molecule has 0 amide bonds. The Morgan fingerprint density at radius 1 is 0.833 bits per heavy atom. The van der Waals surface area contributed by atoms with Crippen LogP contribution >= 0.6 is 0 Å². The third-order valence-corrected chi connectivity index (χ3v) is 11.2. The van der Waals surface area contributed by atoms with Gasteiger partial charge in [0.25, 0.3) is 0 Å². The molecule has 0 bridgehead atoms. The van der Waals surface area contributed by atoms with Crippen LogP contribution in [0, 0.1) is 0 Å². The Labute approximate surface area is 155 Å². The normalized spacial score (nSPS) is 15.1. The largest absolute Gasteiger partial charge is 0.458 e. The number of hydrogen-bond acceptors (Lipinski definition) is 4. The summed E-state index contributed by atoms with van der Waals surface area (Å²) < 4.78 is 24.4. The summed E-state index contributed by atoms with van der Waals surface area (Å²) in [5.41, 5.74) is 0. The fraction of sp³-hybridized carbons (Fsp3) is 1.00. The van der Waals surface area contributed by atoms with Crippen LogP contribution in [0.25, 0.3) is 0 Å². The Morgan fingerprint density at radius 2 is 1.42 bits per heavy atom. The molecule has 0 aliphatic heterocycles. The van der Waals surface area contributed by atoms with Gasteiger partial charge in [0.05, 0.1) is 19.3 Å². The van der Waals surface area contributed by atoms with Gasteiger partial charge in [-0.3, -0.25) is 0 Å². The highest BCUT2D eigenvalue weighted by Crippen LogP contribution is 2.16. The van der Waals surface area contributed by atoms with E-state index in [1.165, 1.54) is 6.04 Å². The summed E-state index contributed by atoms with van der Waals surface area (Å²) in [4.78, 5) is 0. The molecule has 0 aromatic heterocycles. The molecule has 0 saturated carbocycles. The van der Waals surface area contributed by atoms with E-state index in [0.717, 1.165) is 13.0 Å². The Morgan fingerprint density at radius 3 is 1.88 bits per heavy atom. The zero-order chi connectivity index (χ0) is 19.0. The van der Waals surface area contributed by atoms with Gasteiger partial charge in [-0.05, 0) is 77.9 Å². The Hall–Kier alpha value is 0.708. The van der Waals surface area contributed by atoms with Crippen molar-refractivity contribution in [2.45, 2.75) is 84.0 Å². The second-order valence-electron chi connectivity index (χ2n) is 9.38. The van der Waals surface area contributed by atoms with Gasteiger partial charge in [0.15, 0.2) is 34.0 Å². The van der Waals surface area contributed by atoms with Crippen LogP contribution in [0.1, 0.15) is 6.42 Å². The summed E-state index contributed by atoms with van der Waals surface area (Å²) in [5, 5.41) is 0. The van der Waals surface area contributed by atoms with Crippen molar-refractivity contribution in [1.82, 2.24) is 0 Å². The lowest BCUT2D eigenvalue weighted by Gasteiger charge is -2.29. The van der Waals surface area contributed by atoms with Crippen LogP contribution in [-0.2, 0) is 17.7 Å². The molecule has 0 fully saturated rings. The molecule has 146 valence electrons. The van der Waals surface area contributed by atoms with Crippen LogP contribution in [0.4, 0.5) is 0 Å². The van der Waals surface area contributed by atoms with Crippen molar-refractivity contribution in [3.05, 3.63) is 0 Å². The maximum Gasteiger partial charge on any atom is 0.184 e. The van der Waals surface area contributed by atoms with Gasteiger partial charge in [-0.15, -0.1) is 0 Å². The minimum absolute atomic E-state index is 0.0629. The van der Waals surface area contributed by atoms with E-state index in [-0.39, 0.29) is 6.10 Å². The lowest BCUT2D eigenvalue weighted by molar-refractivity contribution is 0.0203. The third kappa shape index (κ3) is 16.2. The van der Waals surface area contributed by atoms with Crippen molar-refractivity contribution in [3.8, 4) is 0 Å². The lowest BCUT2D eigenvalue weighted by Crippen LogP contribution is -2.40. The maximum absolute atomic E-state index is 6.23. The first-order valence-electron chi connectivity index (χ1n) is 9.27. The minimum Gasteiger partial charge on any atom is -0.458 e. The molecule has 0 saturated heterocycles. The monoisotopic (exact) mass is 410 g/mol. The highest BCUT2D eigenvalue weighted by atomic mass is 28.4. The van der Waals surface area contributed by atoms with Crippen molar-refractivity contribution < 1.29 is 17.7 Å². The smallest absolute Gasteiger partial charge is 0.184 e. The third-order valence-electron chi connectivity index (χ3n) is 3.15. The molecule has 0 aromatic carbocycles. The maximum atomic E-state index is 6.23. The molecular formula is C16H42O4Si4. The lowest BCUT2D eigenvalue weighted by atomic mass is 10.4. The fourth-order valence-corrected chi connectivity index (χ4v) is 10.9. The van der Waals surface area contributed by atoms with Crippen LogP contribution in [0.3, 0.4) is 0 Å². The summed E-state index contributed by atoms with van der Waals surface area (Å²) in [5.74, 6) is 0. The SMILES string of the molecule is C[SiH](C)O[Si](C)(C)CCCOCC(CO[Si](C)(C)C)O[Si](C)(C)C. The van der Waals surface area contributed by atoms with E-state index >= 15 is 0 Å². The highest BCUT2D eigenvalue weighted by Gasteiger charge is 2.25. The first kappa shape index (κ1) is 24.7. The molecule has 0 aliphatic carbocycles. The molecule has 8 heteroatoms. The van der Waals surface area contributed by atoms with Crippen molar-refractivity contribution >= 4 is 34.0 Å². The second kappa shape index (κ2) is 10.8. The molecule has 0 heterocycles. The van der Waals surface area contributed by atoms with E-state index in [4.69, 9.17) is 17.7 Å². The van der Waals surface area contributed by atoms with Gasteiger partial charge < -0.3 is 17.7 Å². The first-order valence-corrected chi connectivity index (χ1v) is 22.0. The average Bonchev–Trinajstić information content (AvgIpc) is 2.30. The van der Waals surface area contributed by atoms with Crippen LogP contribution in [-0.4, -0.2) is 59.9 Å². The molecule has 0 N–H and O–H groups in total. The van der Waals surface area contributed by atoms with Gasteiger partial charge in [0.1, 0.15) is 0 Å². The summed E-state index contributed by atoms with van der Waals surface area (Å²) in [7, 11) is -5.52. The molecule has 0 aliphatic rings. The van der Waals surface area contributed by atoms with Crippen molar-refractivity contribution in [2.24, 2.45) is 0 Å². The topological polar surface area (TPSA) is 36.9 Å². The van der Waals surface area contributed by atoms with E-state index in [2.05, 4.69) is 65.5 Å². The summed E-state index contributed by atoms with van der Waals surface area (Å²) >= 11 is 0. The zero-order valence-electron chi connectivity index (χ0n) is 17.8. The molecule has 1 atom stereocenters. The highest BCUT2D eigenvalue weighted by molar-refractivity contribution is 6.77. The van der Waals surface area contributed by atoms with E-state index in [1.807, 2.05) is 0 Å². The minimum atomic E-state index is -1.59.